The second-order valence-corrected chi connectivity index (χ2v) is 6.31. The van der Waals surface area contributed by atoms with Crippen LogP contribution >= 0.6 is 0 Å². The number of para-hydroxylation sites is 1. The second kappa shape index (κ2) is 10.5. The van der Waals surface area contributed by atoms with E-state index in [9.17, 15) is 8.78 Å². The van der Waals surface area contributed by atoms with Crippen molar-refractivity contribution in [1.29, 1.82) is 0 Å². The lowest BCUT2D eigenvalue weighted by Gasteiger charge is -2.21. The van der Waals surface area contributed by atoms with E-state index in [-0.39, 0.29) is 0 Å². The third kappa shape index (κ3) is 6.80. The van der Waals surface area contributed by atoms with Crippen LogP contribution in [-0.4, -0.2) is 16.1 Å². The molecule has 3 rings (SSSR count). The molecule has 140 valence electrons. The third-order valence-electron chi connectivity index (χ3n) is 4.26. The van der Waals surface area contributed by atoms with Crippen LogP contribution in [0.1, 0.15) is 38.5 Å². The van der Waals surface area contributed by atoms with Crippen LogP contribution in [0.5, 0.6) is 5.75 Å². The predicted octanol–water partition coefficient (Wildman–Crippen LogP) is 5.34. The van der Waals surface area contributed by atoms with Gasteiger partial charge in [-0.3, -0.25) is 10.7 Å². The predicted molar refractivity (Wildman–Crippen MR) is 97.7 cm³/mol. The summed E-state index contributed by atoms with van der Waals surface area (Å²) in [7, 11) is 0. The molecule has 1 saturated carbocycles. The van der Waals surface area contributed by atoms with Crippen LogP contribution in [0.25, 0.3) is 0 Å². The average molecular weight is 362 g/mol. The van der Waals surface area contributed by atoms with Crippen LogP contribution in [0.3, 0.4) is 0 Å². The monoisotopic (exact) mass is 362 g/mol. The van der Waals surface area contributed by atoms with Crippen LogP contribution in [0.4, 0.5) is 14.5 Å². The number of nitrogens with one attached hydrogen (secondary N) is 1. The maximum Gasteiger partial charge on any atom is 0.160 e. The summed E-state index contributed by atoms with van der Waals surface area (Å²) in [4.78, 5) is 4.12. The van der Waals surface area contributed by atoms with Gasteiger partial charge in [-0.15, -0.1) is 0 Å². The van der Waals surface area contributed by atoms with Gasteiger partial charge in [0.05, 0.1) is 5.69 Å². The first-order valence-corrected chi connectivity index (χ1v) is 8.75. The first-order valence-electron chi connectivity index (χ1n) is 8.75. The molecule has 0 amide bonds. The van der Waals surface area contributed by atoms with Crippen molar-refractivity contribution < 1.29 is 19.1 Å². The average Bonchev–Trinajstić information content (AvgIpc) is 2.66. The summed E-state index contributed by atoms with van der Waals surface area (Å²) < 4.78 is 25.9. The van der Waals surface area contributed by atoms with Crippen LogP contribution in [0.15, 0.2) is 53.5 Å². The summed E-state index contributed by atoms with van der Waals surface area (Å²) in [6.45, 7) is 0. The molecule has 26 heavy (non-hydrogen) atoms. The number of aliphatic imine (C=N–C) groups is 1. The lowest BCUT2D eigenvalue weighted by atomic mass is 9.87. The Morgan fingerprint density at radius 2 is 1.69 bits per heavy atom. The number of aromatic hydroxyl groups is 1. The number of halogens is 2. The van der Waals surface area contributed by atoms with Crippen LogP contribution in [-0.2, 0) is 0 Å². The van der Waals surface area contributed by atoms with Gasteiger partial charge in [-0.1, -0.05) is 50.3 Å². The van der Waals surface area contributed by atoms with Crippen molar-refractivity contribution in [3.8, 4) is 5.75 Å². The first kappa shape index (κ1) is 19.8. The molecule has 0 saturated heterocycles. The molecule has 0 unspecified atom stereocenters. The van der Waals surface area contributed by atoms with Gasteiger partial charge < -0.3 is 5.11 Å². The molecule has 0 aliphatic heterocycles. The highest BCUT2D eigenvalue weighted by Crippen LogP contribution is 2.27. The van der Waals surface area contributed by atoms with Crippen molar-refractivity contribution >= 4 is 11.5 Å². The molecule has 0 spiro atoms. The molecule has 2 aromatic carbocycles. The van der Waals surface area contributed by atoms with E-state index in [1.807, 2.05) is 6.07 Å². The van der Waals surface area contributed by atoms with E-state index < -0.39 is 11.6 Å². The summed E-state index contributed by atoms with van der Waals surface area (Å²) in [6.07, 6.45) is 6.55. The molecular weight excluding hydrogens is 338 g/mol. The summed E-state index contributed by atoms with van der Waals surface area (Å²) in [5.74, 6) is -0.612. The minimum atomic E-state index is -0.934. The largest absolute Gasteiger partial charge is 0.508 e. The first-order chi connectivity index (χ1) is 12.6. The molecule has 1 fully saturated rings. The molecule has 6 heteroatoms. The van der Waals surface area contributed by atoms with Crippen LogP contribution in [0, 0.1) is 17.6 Å². The van der Waals surface area contributed by atoms with Gasteiger partial charge in [0.2, 0.25) is 0 Å². The summed E-state index contributed by atoms with van der Waals surface area (Å²) in [6, 6.07) is 12.2. The fraction of sp³-hybridized carbons (Fsp3) is 0.350. The molecule has 4 nitrogen and oxygen atoms in total. The topological polar surface area (TPSA) is 64.8 Å². The van der Waals surface area contributed by atoms with Gasteiger partial charge in [0.1, 0.15) is 11.6 Å². The van der Waals surface area contributed by atoms with Gasteiger partial charge in [-0.05, 0) is 30.2 Å². The minimum Gasteiger partial charge on any atom is -0.508 e. The number of phenolic OH excluding ortho intramolecular Hbond substituents is 1. The molecular formula is C20H24F2N2O2. The van der Waals surface area contributed by atoms with Crippen molar-refractivity contribution in [3.05, 3.63) is 60.2 Å². The summed E-state index contributed by atoms with van der Waals surface area (Å²) >= 11 is 0. The lowest BCUT2D eigenvalue weighted by molar-refractivity contribution is 0.227. The van der Waals surface area contributed by atoms with Gasteiger partial charge in [-0.25, -0.2) is 13.8 Å². The second-order valence-electron chi connectivity index (χ2n) is 6.31. The van der Waals surface area contributed by atoms with Gasteiger partial charge in [0.15, 0.2) is 11.6 Å². The molecule has 3 N–H and O–H groups in total. The normalized spacial score (nSPS) is 15.1. The zero-order valence-corrected chi connectivity index (χ0v) is 14.5. The summed E-state index contributed by atoms with van der Waals surface area (Å²) in [5.41, 5.74) is 2.36. The van der Waals surface area contributed by atoms with Crippen molar-refractivity contribution in [1.82, 2.24) is 5.48 Å². The fourth-order valence-corrected chi connectivity index (χ4v) is 2.92. The van der Waals surface area contributed by atoms with Gasteiger partial charge >= 0.3 is 0 Å². The van der Waals surface area contributed by atoms with Crippen molar-refractivity contribution in [2.24, 2.45) is 10.9 Å². The Kier molecular flexibility index (Phi) is 8.02. The number of hydrogen-bond acceptors (Lipinski definition) is 3. The van der Waals surface area contributed by atoms with E-state index in [1.54, 1.807) is 24.3 Å². The Balaban J connectivity index is 0.000000290. The van der Waals surface area contributed by atoms with Gasteiger partial charge in [0, 0.05) is 12.5 Å². The SMILES string of the molecule is ONC(CC1CCCCC1)=Nc1ccc(F)c(F)c1.Oc1ccccc1. The Morgan fingerprint density at radius 1 is 1.00 bits per heavy atom. The molecule has 0 heterocycles. The van der Waals surface area contributed by atoms with E-state index in [0.29, 0.717) is 29.6 Å². The molecule has 0 bridgehead atoms. The molecule has 0 radical (unpaired) electrons. The fourth-order valence-electron chi connectivity index (χ4n) is 2.92. The van der Waals surface area contributed by atoms with Crippen molar-refractivity contribution in [2.75, 3.05) is 0 Å². The highest BCUT2D eigenvalue weighted by atomic mass is 19.2. The Morgan fingerprint density at radius 3 is 2.23 bits per heavy atom. The maximum absolute atomic E-state index is 13.1. The van der Waals surface area contributed by atoms with Crippen LogP contribution < -0.4 is 5.48 Å². The molecule has 0 aromatic heterocycles. The highest BCUT2D eigenvalue weighted by molar-refractivity contribution is 5.83. The van der Waals surface area contributed by atoms with Crippen LogP contribution in [0.2, 0.25) is 0 Å². The Labute approximate surface area is 152 Å². The Hall–Kier alpha value is -2.47. The molecule has 1 aliphatic carbocycles. The van der Waals surface area contributed by atoms with Gasteiger partial charge in [-0.2, -0.15) is 0 Å². The van der Waals surface area contributed by atoms with E-state index >= 15 is 0 Å². The number of benzene rings is 2. The number of phenols is 1. The standard InChI is InChI=1S/C14H18F2N2O.C6H6O/c15-12-7-6-11(9-13(12)16)17-14(18-19)8-10-4-2-1-3-5-10;7-6-4-2-1-3-5-6/h6-7,9-10,19H,1-5,8H2,(H,17,18);1-5,7H. The van der Waals surface area contributed by atoms with E-state index in [2.05, 4.69) is 10.5 Å². The number of rotatable bonds is 3. The maximum atomic E-state index is 13.1. The highest BCUT2D eigenvalue weighted by Gasteiger charge is 2.16. The zero-order valence-electron chi connectivity index (χ0n) is 14.5. The third-order valence-corrected chi connectivity index (χ3v) is 4.26. The molecule has 0 atom stereocenters. The van der Waals surface area contributed by atoms with E-state index in [0.717, 1.165) is 25.0 Å². The Bertz CT molecular complexity index is 702. The zero-order chi connectivity index (χ0) is 18.8. The molecule has 1 aliphatic rings. The number of hydrogen-bond donors (Lipinski definition) is 3. The van der Waals surface area contributed by atoms with Crippen molar-refractivity contribution in [3.63, 3.8) is 0 Å². The summed E-state index contributed by atoms with van der Waals surface area (Å²) in [5, 5.41) is 17.7. The van der Waals surface area contributed by atoms with Gasteiger partial charge in [0.25, 0.3) is 0 Å². The minimum absolute atomic E-state index is 0.297. The molecule has 2 aromatic rings. The smallest absolute Gasteiger partial charge is 0.160 e. The number of hydroxylamine groups is 1. The number of nitrogens with zero attached hydrogens (tertiary/aromatic N) is 1. The van der Waals surface area contributed by atoms with Crippen molar-refractivity contribution in [2.45, 2.75) is 38.5 Å². The number of amidine groups is 1. The quantitative estimate of drug-likeness (QED) is 0.392. The van der Waals surface area contributed by atoms with E-state index in [1.165, 1.54) is 25.3 Å². The van der Waals surface area contributed by atoms with E-state index in [4.69, 9.17) is 10.3 Å². The lowest BCUT2D eigenvalue weighted by Crippen LogP contribution is -2.23.